The molecule has 0 aromatic rings. The van der Waals surface area contributed by atoms with E-state index in [2.05, 4.69) is 4.74 Å². The zero-order valence-corrected chi connectivity index (χ0v) is 12.2. The van der Waals surface area contributed by atoms with Gasteiger partial charge in [0, 0.05) is 13.1 Å². The monoisotopic (exact) mass is 289 g/mol. The summed E-state index contributed by atoms with van der Waals surface area (Å²) in [6.07, 6.45) is 0.360. The summed E-state index contributed by atoms with van der Waals surface area (Å²) in [5, 5.41) is 0. The maximum absolute atomic E-state index is 12.3. The molecule has 2 aliphatic rings. The molecule has 19 heavy (non-hydrogen) atoms. The van der Waals surface area contributed by atoms with Crippen molar-refractivity contribution < 1.29 is 22.7 Å². The highest BCUT2D eigenvalue weighted by Crippen LogP contribution is 2.33. The van der Waals surface area contributed by atoms with Crippen LogP contribution in [0.15, 0.2) is 0 Å². The highest BCUT2D eigenvalue weighted by Gasteiger charge is 2.49. The smallest absolute Gasteiger partial charge is 0.318 e. The molecule has 0 aromatic carbocycles. The lowest BCUT2D eigenvalue weighted by Crippen LogP contribution is -2.47. The number of fused-ring (bicyclic) bond motifs is 1. The fourth-order valence-electron chi connectivity index (χ4n) is 2.58. The fourth-order valence-corrected chi connectivity index (χ4v) is 4.63. The molecule has 0 spiro atoms. The maximum Gasteiger partial charge on any atom is 0.318 e. The molecule has 2 saturated heterocycles. The summed E-state index contributed by atoms with van der Waals surface area (Å²) in [6, 6.07) is 0. The van der Waals surface area contributed by atoms with Gasteiger partial charge in [-0.1, -0.05) is 20.8 Å². The van der Waals surface area contributed by atoms with Crippen LogP contribution in [0.1, 0.15) is 27.2 Å². The van der Waals surface area contributed by atoms with Crippen LogP contribution in [0.5, 0.6) is 0 Å². The van der Waals surface area contributed by atoms with E-state index < -0.39 is 33.8 Å². The van der Waals surface area contributed by atoms with Crippen LogP contribution >= 0.6 is 0 Å². The average Bonchev–Trinajstić information content (AvgIpc) is 2.51. The second-order valence-electron chi connectivity index (χ2n) is 6.42. The van der Waals surface area contributed by atoms with Crippen molar-refractivity contribution in [1.82, 2.24) is 4.31 Å². The lowest BCUT2D eigenvalue weighted by atomic mass is 9.89. The number of esters is 2. The van der Waals surface area contributed by atoms with Gasteiger partial charge in [0.2, 0.25) is 10.0 Å². The molecule has 0 aliphatic carbocycles. The third-order valence-corrected chi connectivity index (χ3v) is 5.74. The highest BCUT2D eigenvalue weighted by atomic mass is 32.2. The Morgan fingerprint density at radius 3 is 2.37 bits per heavy atom. The van der Waals surface area contributed by atoms with E-state index in [-0.39, 0.29) is 24.3 Å². The number of ether oxygens (including phenoxy) is 1. The number of hydrogen-bond donors (Lipinski definition) is 0. The Morgan fingerprint density at radius 1 is 1.21 bits per heavy atom. The van der Waals surface area contributed by atoms with Crippen molar-refractivity contribution >= 4 is 22.0 Å². The second-order valence-corrected chi connectivity index (χ2v) is 8.39. The molecule has 108 valence electrons. The van der Waals surface area contributed by atoms with Crippen LogP contribution in [0.4, 0.5) is 0 Å². The number of carbonyl (C=O) groups is 2. The zero-order chi connectivity index (χ0) is 14.4. The van der Waals surface area contributed by atoms with E-state index in [0.29, 0.717) is 6.42 Å². The van der Waals surface area contributed by atoms with Gasteiger partial charge in [-0.15, -0.1) is 0 Å². The fraction of sp³-hybridized carbons (Fsp3) is 0.833. The molecule has 2 unspecified atom stereocenters. The molecule has 0 radical (unpaired) electrons. The van der Waals surface area contributed by atoms with Crippen LogP contribution in [0.3, 0.4) is 0 Å². The molecule has 6 nitrogen and oxygen atoms in total. The molecule has 0 bridgehead atoms. The van der Waals surface area contributed by atoms with Gasteiger partial charge in [-0.2, -0.15) is 0 Å². The van der Waals surface area contributed by atoms with E-state index in [0.717, 1.165) is 0 Å². The van der Waals surface area contributed by atoms with Gasteiger partial charge in [-0.25, -0.2) is 12.7 Å². The minimum atomic E-state index is -3.41. The lowest BCUT2D eigenvalue weighted by molar-refractivity contribution is -0.153. The van der Waals surface area contributed by atoms with Crippen LogP contribution in [0.2, 0.25) is 0 Å². The van der Waals surface area contributed by atoms with E-state index in [1.165, 1.54) is 4.31 Å². The molecule has 0 N–H and O–H groups in total. The highest BCUT2D eigenvalue weighted by molar-refractivity contribution is 7.89. The third-order valence-electron chi connectivity index (χ3n) is 3.39. The summed E-state index contributed by atoms with van der Waals surface area (Å²) in [5.74, 6) is -2.17. The predicted molar refractivity (Wildman–Crippen MR) is 67.5 cm³/mol. The van der Waals surface area contributed by atoms with Crippen LogP contribution in [0, 0.1) is 17.3 Å². The Bertz CT molecular complexity index is 505. The maximum atomic E-state index is 12.3. The first-order valence-corrected chi connectivity index (χ1v) is 7.94. The van der Waals surface area contributed by atoms with Gasteiger partial charge >= 0.3 is 11.9 Å². The number of rotatable bonds is 2. The number of hydrogen-bond acceptors (Lipinski definition) is 5. The normalized spacial score (nSPS) is 29.2. The zero-order valence-electron chi connectivity index (χ0n) is 11.4. The summed E-state index contributed by atoms with van der Waals surface area (Å²) in [6.45, 7) is 5.90. The minimum absolute atomic E-state index is 0.0282. The Labute approximate surface area is 113 Å². The molecule has 2 atom stereocenters. The molecular formula is C12H19NO5S. The van der Waals surface area contributed by atoms with E-state index in [1.807, 2.05) is 20.8 Å². The first kappa shape index (κ1) is 14.5. The van der Waals surface area contributed by atoms with E-state index in [1.54, 1.807) is 0 Å². The summed E-state index contributed by atoms with van der Waals surface area (Å²) in [5.41, 5.74) is -0.346. The lowest BCUT2D eigenvalue weighted by Gasteiger charge is -2.32. The summed E-state index contributed by atoms with van der Waals surface area (Å²) < 4.78 is 30.4. The van der Waals surface area contributed by atoms with E-state index in [9.17, 15) is 18.0 Å². The first-order chi connectivity index (χ1) is 8.60. The number of nitrogens with zero attached hydrogens (tertiary/aromatic N) is 1. The summed E-state index contributed by atoms with van der Waals surface area (Å²) in [4.78, 5) is 22.9. The minimum Gasteiger partial charge on any atom is -0.393 e. The number of cyclic esters (lactones) is 2. The van der Waals surface area contributed by atoms with Crippen molar-refractivity contribution in [2.45, 2.75) is 27.2 Å². The molecule has 2 rings (SSSR count). The van der Waals surface area contributed by atoms with Gasteiger partial charge in [-0.05, 0) is 11.8 Å². The van der Waals surface area contributed by atoms with Crippen molar-refractivity contribution in [3.8, 4) is 0 Å². The topological polar surface area (TPSA) is 80.8 Å². The molecule has 0 amide bonds. The van der Waals surface area contributed by atoms with Crippen LogP contribution in [-0.4, -0.2) is 43.5 Å². The molecule has 2 aliphatic heterocycles. The predicted octanol–water partition coefficient (Wildman–Crippen LogP) is 0.384. The molecule has 0 saturated carbocycles. The summed E-state index contributed by atoms with van der Waals surface area (Å²) >= 11 is 0. The van der Waals surface area contributed by atoms with Crippen LogP contribution in [-0.2, 0) is 24.3 Å². The van der Waals surface area contributed by atoms with Gasteiger partial charge in [0.05, 0.1) is 17.6 Å². The standard InChI is InChI=1S/C12H19NO5S/c1-12(2,3)7-19(16,17)13-5-4-8-9(6-13)11(15)18-10(8)14/h8-9H,4-7H2,1-3H3. The number of sulfonamides is 1. The molecule has 2 fully saturated rings. The Balaban J connectivity index is 2.13. The van der Waals surface area contributed by atoms with Gasteiger partial charge in [-0.3, -0.25) is 9.59 Å². The Hall–Kier alpha value is -0.950. The van der Waals surface area contributed by atoms with Crippen molar-refractivity contribution in [2.24, 2.45) is 17.3 Å². The average molecular weight is 289 g/mol. The third kappa shape index (κ3) is 2.97. The quantitative estimate of drug-likeness (QED) is 0.542. The van der Waals surface area contributed by atoms with Crippen molar-refractivity contribution in [3.63, 3.8) is 0 Å². The van der Waals surface area contributed by atoms with Crippen molar-refractivity contribution in [3.05, 3.63) is 0 Å². The summed E-state index contributed by atoms with van der Waals surface area (Å²) in [7, 11) is -3.41. The first-order valence-electron chi connectivity index (χ1n) is 6.33. The SMILES string of the molecule is CC(C)(C)CS(=O)(=O)N1CCC2C(=O)OC(=O)C2C1. The second kappa shape index (κ2) is 4.56. The number of carbonyl (C=O) groups excluding carboxylic acids is 2. The largest absolute Gasteiger partial charge is 0.393 e. The van der Waals surface area contributed by atoms with E-state index >= 15 is 0 Å². The Morgan fingerprint density at radius 2 is 1.79 bits per heavy atom. The van der Waals surface area contributed by atoms with Gasteiger partial charge in [0.1, 0.15) is 0 Å². The van der Waals surface area contributed by atoms with Gasteiger partial charge in [0.25, 0.3) is 0 Å². The van der Waals surface area contributed by atoms with Crippen molar-refractivity contribution in [1.29, 1.82) is 0 Å². The van der Waals surface area contributed by atoms with E-state index in [4.69, 9.17) is 0 Å². The Kier molecular flexibility index (Phi) is 3.47. The number of piperidine rings is 1. The van der Waals surface area contributed by atoms with Crippen LogP contribution < -0.4 is 0 Å². The van der Waals surface area contributed by atoms with Crippen molar-refractivity contribution in [2.75, 3.05) is 18.8 Å². The molecule has 2 heterocycles. The molecular weight excluding hydrogens is 270 g/mol. The molecule has 7 heteroatoms. The van der Waals surface area contributed by atoms with Gasteiger partial charge in [0.15, 0.2) is 0 Å². The molecule has 0 aromatic heterocycles. The van der Waals surface area contributed by atoms with Gasteiger partial charge < -0.3 is 4.74 Å². The van der Waals surface area contributed by atoms with Crippen LogP contribution in [0.25, 0.3) is 0 Å².